The molecule has 1 aliphatic rings. The molecular formula is C14H27N. The molecule has 0 bridgehead atoms. The van der Waals surface area contributed by atoms with Gasteiger partial charge in [-0.2, -0.15) is 0 Å². The fourth-order valence-corrected chi connectivity index (χ4v) is 2.56. The second-order valence-corrected chi connectivity index (χ2v) is 5.62. The summed E-state index contributed by atoms with van der Waals surface area (Å²) in [5.41, 5.74) is 8.15. The lowest BCUT2D eigenvalue weighted by molar-refractivity contribution is 0.101. The molecule has 1 aliphatic carbocycles. The molecule has 0 radical (unpaired) electrons. The maximum Gasteiger partial charge on any atom is 0.00708 e. The first-order chi connectivity index (χ1) is 7.01. The smallest absolute Gasteiger partial charge is 0.00708 e. The number of nitrogens with two attached hydrogens (primary N) is 1. The van der Waals surface area contributed by atoms with Gasteiger partial charge in [0.1, 0.15) is 0 Å². The first-order valence-corrected chi connectivity index (χ1v) is 6.45. The zero-order chi connectivity index (χ0) is 11.5. The Morgan fingerprint density at radius 3 is 2.47 bits per heavy atom. The molecule has 1 rings (SSSR count). The van der Waals surface area contributed by atoms with Crippen molar-refractivity contribution in [2.75, 3.05) is 0 Å². The van der Waals surface area contributed by atoms with Gasteiger partial charge in [0.05, 0.1) is 0 Å². The molecular weight excluding hydrogens is 182 g/mol. The number of hydrogen-bond donors (Lipinski definition) is 1. The van der Waals surface area contributed by atoms with E-state index in [0.717, 1.165) is 18.8 Å². The van der Waals surface area contributed by atoms with Gasteiger partial charge in [-0.15, -0.1) is 0 Å². The monoisotopic (exact) mass is 209 g/mol. The van der Waals surface area contributed by atoms with E-state index in [1.54, 1.807) is 5.57 Å². The molecule has 2 unspecified atom stereocenters. The van der Waals surface area contributed by atoms with E-state index >= 15 is 0 Å². The van der Waals surface area contributed by atoms with Crippen molar-refractivity contribution >= 4 is 0 Å². The molecule has 0 heterocycles. The predicted molar refractivity (Wildman–Crippen MR) is 67.8 cm³/mol. The minimum absolute atomic E-state index is 0.356. The Balaban J connectivity index is 2.55. The highest BCUT2D eigenvalue weighted by Gasteiger charge is 2.39. The lowest BCUT2D eigenvalue weighted by atomic mass is 9.59. The molecule has 2 atom stereocenters. The third kappa shape index (κ3) is 3.07. The maximum absolute atomic E-state index is 5.96. The first kappa shape index (κ1) is 12.8. The summed E-state index contributed by atoms with van der Waals surface area (Å²) in [6, 6.07) is 0.356. The van der Waals surface area contributed by atoms with Crippen molar-refractivity contribution in [3.63, 3.8) is 0 Å². The van der Waals surface area contributed by atoms with Crippen LogP contribution in [0.2, 0.25) is 0 Å². The van der Waals surface area contributed by atoms with Gasteiger partial charge in [-0.3, -0.25) is 0 Å². The lowest BCUT2D eigenvalue weighted by Gasteiger charge is -2.46. The summed E-state index contributed by atoms with van der Waals surface area (Å²) in [7, 11) is 0. The zero-order valence-electron chi connectivity index (χ0n) is 10.8. The van der Waals surface area contributed by atoms with Crippen molar-refractivity contribution in [3.05, 3.63) is 11.6 Å². The molecule has 0 aromatic heterocycles. The summed E-state index contributed by atoms with van der Waals surface area (Å²) in [5.74, 6) is 0.826. The van der Waals surface area contributed by atoms with E-state index in [2.05, 4.69) is 33.8 Å². The van der Waals surface area contributed by atoms with Crippen LogP contribution in [0.15, 0.2) is 11.6 Å². The maximum atomic E-state index is 5.96. The van der Waals surface area contributed by atoms with E-state index < -0.39 is 0 Å². The number of allylic oxidation sites excluding steroid dienone is 1. The molecule has 1 fully saturated rings. The van der Waals surface area contributed by atoms with Gasteiger partial charge < -0.3 is 5.73 Å². The molecule has 0 aromatic carbocycles. The normalized spacial score (nSPS) is 27.3. The summed E-state index contributed by atoms with van der Waals surface area (Å²) in [6.07, 6.45) is 8.53. The molecule has 15 heavy (non-hydrogen) atoms. The van der Waals surface area contributed by atoms with E-state index in [4.69, 9.17) is 5.73 Å². The van der Waals surface area contributed by atoms with Crippen LogP contribution in [0.4, 0.5) is 0 Å². The molecule has 0 saturated heterocycles. The van der Waals surface area contributed by atoms with Crippen LogP contribution in [0.1, 0.15) is 59.8 Å². The van der Waals surface area contributed by atoms with Crippen LogP contribution in [0.25, 0.3) is 0 Å². The molecule has 2 N–H and O–H groups in total. The fourth-order valence-electron chi connectivity index (χ4n) is 2.56. The van der Waals surface area contributed by atoms with Crippen LogP contribution in [0, 0.1) is 11.3 Å². The highest BCUT2D eigenvalue weighted by atomic mass is 14.6. The molecule has 1 nitrogen and oxygen atoms in total. The Morgan fingerprint density at radius 2 is 2.13 bits per heavy atom. The lowest BCUT2D eigenvalue weighted by Crippen LogP contribution is -2.35. The van der Waals surface area contributed by atoms with Gasteiger partial charge >= 0.3 is 0 Å². The first-order valence-electron chi connectivity index (χ1n) is 6.45. The molecule has 1 saturated carbocycles. The fraction of sp³-hybridized carbons (Fsp3) is 0.857. The van der Waals surface area contributed by atoms with Crippen LogP contribution in [0.3, 0.4) is 0 Å². The minimum Gasteiger partial charge on any atom is -0.327 e. The Kier molecular flexibility index (Phi) is 4.39. The molecule has 0 spiro atoms. The largest absolute Gasteiger partial charge is 0.327 e. The van der Waals surface area contributed by atoms with Crippen molar-refractivity contribution in [2.45, 2.75) is 65.8 Å². The van der Waals surface area contributed by atoms with Crippen molar-refractivity contribution in [3.8, 4) is 0 Å². The predicted octanol–water partition coefficient (Wildman–Crippen LogP) is 3.89. The number of hydrogen-bond acceptors (Lipinski definition) is 1. The standard InChI is InChI=1S/C14H27N/c1-5-11(7-8-12(15)6-2)13-9-10-14(13,3)4/h7,12-13H,5-6,8-10,15H2,1-4H3. The van der Waals surface area contributed by atoms with Gasteiger partial charge in [0.15, 0.2) is 0 Å². The summed E-state index contributed by atoms with van der Waals surface area (Å²) >= 11 is 0. The van der Waals surface area contributed by atoms with Crippen LogP contribution >= 0.6 is 0 Å². The molecule has 88 valence electrons. The average Bonchev–Trinajstić information content (AvgIpc) is 2.21. The Morgan fingerprint density at radius 1 is 1.47 bits per heavy atom. The van der Waals surface area contributed by atoms with Crippen molar-refractivity contribution in [1.82, 2.24) is 0 Å². The molecule has 1 heteroatoms. The van der Waals surface area contributed by atoms with E-state index in [1.807, 2.05) is 0 Å². The molecule has 0 aromatic rings. The summed E-state index contributed by atoms with van der Waals surface area (Å²) in [4.78, 5) is 0. The highest BCUT2D eigenvalue weighted by Crippen LogP contribution is 2.50. The summed E-state index contributed by atoms with van der Waals surface area (Å²) in [6.45, 7) is 9.23. The Bertz CT molecular complexity index is 227. The highest BCUT2D eigenvalue weighted by molar-refractivity contribution is 5.14. The van der Waals surface area contributed by atoms with Crippen LogP contribution in [0.5, 0.6) is 0 Å². The van der Waals surface area contributed by atoms with Crippen molar-refractivity contribution in [2.24, 2.45) is 17.1 Å². The zero-order valence-corrected chi connectivity index (χ0v) is 10.8. The number of rotatable bonds is 5. The second-order valence-electron chi connectivity index (χ2n) is 5.62. The quantitative estimate of drug-likeness (QED) is 0.683. The van der Waals surface area contributed by atoms with Crippen molar-refractivity contribution in [1.29, 1.82) is 0 Å². The average molecular weight is 209 g/mol. The van der Waals surface area contributed by atoms with Gasteiger partial charge in [-0.05, 0) is 43.4 Å². The van der Waals surface area contributed by atoms with Crippen molar-refractivity contribution < 1.29 is 0 Å². The van der Waals surface area contributed by atoms with Crippen LogP contribution in [-0.2, 0) is 0 Å². The van der Waals surface area contributed by atoms with E-state index in [-0.39, 0.29) is 0 Å². The van der Waals surface area contributed by atoms with Gasteiger partial charge in [0, 0.05) is 6.04 Å². The molecule has 0 aliphatic heterocycles. The topological polar surface area (TPSA) is 26.0 Å². The third-order valence-electron chi connectivity index (χ3n) is 4.08. The second kappa shape index (κ2) is 5.16. The van der Waals surface area contributed by atoms with Gasteiger partial charge in [-0.25, -0.2) is 0 Å². The van der Waals surface area contributed by atoms with Crippen LogP contribution in [-0.4, -0.2) is 6.04 Å². The summed E-state index contributed by atoms with van der Waals surface area (Å²) in [5, 5.41) is 0. The van der Waals surface area contributed by atoms with E-state index in [1.165, 1.54) is 19.3 Å². The Labute approximate surface area is 95.1 Å². The SMILES string of the molecule is CCC(=CCC(N)CC)C1CCC1(C)C. The third-order valence-corrected chi connectivity index (χ3v) is 4.08. The molecule has 0 amide bonds. The van der Waals surface area contributed by atoms with E-state index in [0.29, 0.717) is 11.5 Å². The van der Waals surface area contributed by atoms with Gasteiger partial charge in [0.2, 0.25) is 0 Å². The minimum atomic E-state index is 0.356. The van der Waals surface area contributed by atoms with Crippen LogP contribution < -0.4 is 5.73 Å². The van der Waals surface area contributed by atoms with Gasteiger partial charge in [0.25, 0.3) is 0 Å². The Hall–Kier alpha value is -0.300. The summed E-state index contributed by atoms with van der Waals surface area (Å²) < 4.78 is 0. The van der Waals surface area contributed by atoms with E-state index in [9.17, 15) is 0 Å². The van der Waals surface area contributed by atoms with Gasteiger partial charge in [-0.1, -0.05) is 39.3 Å².